The van der Waals surface area contributed by atoms with Gasteiger partial charge in [0.1, 0.15) is 4.33 Å². The van der Waals surface area contributed by atoms with Crippen molar-refractivity contribution >= 4 is 29.0 Å². The molecule has 0 aromatic heterocycles. The maximum absolute atomic E-state index is 12.8. The van der Waals surface area contributed by atoms with E-state index in [-0.39, 0.29) is 22.3 Å². The molecule has 0 aromatic carbocycles. The molecule has 0 amide bonds. The number of hydrogen-bond acceptors (Lipinski definition) is 2. The van der Waals surface area contributed by atoms with Gasteiger partial charge in [0.2, 0.25) is 0 Å². The molecule has 2 saturated carbocycles. The minimum Gasteiger partial charge on any atom is -0.297 e. The summed E-state index contributed by atoms with van der Waals surface area (Å²) in [5.41, 5.74) is -0.237. The zero-order chi connectivity index (χ0) is 15.0. The number of carbonyl (C=O) groups excluding carboxylic acids is 1. The predicted molar refractivity (Wildman–Crippen MR) is 83.3 cm³/mol. The fourth-order valence-corrected chi connectivity index (χ4v) is 5.99. The fraction of sp³-hybridized carbons (Fsp3) is 0.938. The lowest BCUT2D eigenvalue weighted by atomic mass is 9.73. The largest absolute Gasteiger partial charge is 0.297 e. The summed E-state index contributed by atoms with van der Waals surface area (Å²) in [6.07, 6.45) is 4.35. The number of likely N-dealkylation sites (tertiary alicyclic amines) is 1. The van der Waals surface area contributed by atoms with E-state index in [4.69, 9.17) is 23.2 Å². The highest BCUT2D eigenvalue weighted by molar-refractivity contribution is 6.52. The minimum absolute atomic E-state index is 0.00292. The number of halogens is 2. The number of alkyl halides is 2. The van der Waals surface area contributed by atoms with Crippen molar-refractivity contribution in [2.75, 3.05) is 13.1 Å². The molecule has 3 aliphatic rings. The van der Waals surface area contributed by atoms with Crippen LogP contribution in [0.1, 0.15) is 53.4 Å². The second kappa shape index (κ2) is 4.14. The average Bonchev–Trinajstić information content (AvgIpc) is 2.57. The van der Waals surface area contributed by atoms with Crippen molar-refractivity contribution in [1.82, 2.24) is 4.90 Å². The van der Waals surface area contributed by atoms with Gasteiger partial charge in [0.25, 0.3) is 0 Å². The first kappa shape index (κ1) is 15.1. The number of Topliss-reactive ketones (excluding diaryl/α,β-unsaturated/α-hetero) is 1. The molecule has 20 heavy (non-hydrogen) atoms. The normalized spacial score (nSPS) is 38.2. The Bertz CT molecular complexity index is 450. The molecule has 2 spiro atoms. The SMILES string of the molecule is CCN1C[C@]2(C[C@H]1C(=O)C(C)(C)C)C(Cl)(Cl)C21CCC1. The van der Waals surface area contributed by atoms with Gasteiger partial charge in [-0.1, -0.05) is 34.1 Å². The highest BCUT2D eigenvalue weighted by atomic mass is 35.5. The number of ketones is 1. The van der Waals surface area contributed by atoms with Crippen LogP contribution in [0.3, 0.4) is 0 Å². The van der Waals surface area contributed by atoms with Crippen LogP contribution >= 0.6 is 23.2 Å². The Kier molecular flexibility index (Phi) is 3.13. The molecular weight excluding hydrogens is 293 g/mol. The number of fused-ring (bicyclic) bond motifs is 1. The van der Waals surface area contributed by atoms with Crippen molar-refractivity contribution in [2.24, 2.45) is 16.2 Å². The van der Waals surface area contributed by atoms with Crippen molar-refractivity contribution in [3.8, 4) is 0 Å². The van der Waals surface area contributed by atoms with Crippen LogP contribution in [0.15, 0.2) is 0 Å². The predicted octanol–water partition coefficient (Wildman–Crippen LogP) is 4.04. The van der Waals surface area contributed by atoms with E-state index < -0.39 is 4.33 Å². The number of nitrogens with zero attached hydrogens (tertiary/aromatic N) is 1. The molecule has 0 bridgehead atoms. The lowest BCUT2D eigenvalue weighted by Crippen LogP contribution is -2.41. The van der Waals surface area contributed by atoms with Gasteiger partial charge >= 0.3 is 0 Å². The Morgan fingerprint density at radius 1 is 1.25 bits per heavy atom. The van der Waals surface area contributed by atoms with Crippen LogP contribution in [0.5, 0.6) is 0 Å². The summed E-state index contributed by atoms with van der Waals surface area (Å²) in [5.74, 6) is 0.335. The highest BCUT2D eigenvalue weighted by Crippen LogP contribution is 2.87. The lowest BCUT2D eigenvalue weighted by molar-refractivity contribution is -0.130. The molecular formula is C16H25Cl2NO. The van der Waals surface area contributed by atoms with Crippen LogP contribution in [0.2, 0.25) is 0 Å². The van der Waals surface area contributed by atoms with E-state index >= 15 is 0 Å². The maximum atomic E-state index is 12.8. The van der Waals surface area contributed by atoms with Gasteiger partial charge in [-0.25, -0.2) is 0 Å². The van der Waals surface area contributed by atoms with Crippen LogP contribution < -0.4 is 0 Å². The summed E-state index contributed by atoms with van der Waals surface area (Å²) >= 11 is 13.4. The van der Waals surface area contributed by atoms with Crippen LogP contribution in [0, 0.1) is 16.2 Å². The molecule has 2 nitrogen and oxygen atoms in total. The topological polar surface area (TPSA) is 20.3 Å². The first-order valence-electron chi connectivity index (χ1n) is 7.79. The van der Waals surface area contributed by atoms with E-state index in [1.165, 1.54) is 6.42 Å². The van der Waals surface area contributed by atoms with Gasteiger partial charge in [0.15, 0.2) is 5.78 Å². The van der Waals surface area contributed by atoms with Crippen LogP contribution in [-0.2, 0) is 4.79 Å². The molecule has 2 atom stereocenters. The third-order valence-electron chi connectivity index (χ3n) is 6.17. The van der Waals surface area contributed by atoms with Crippen LogP contribution in [-0.4, -0.2) is 34.1 Å². The molecule has 1 heterocycles. The zero-order valence-corrected chi connectivity index (χ0v) is 14.4. The van der Waals surface area contributed by atoms with Crippen LogP contribution in [0.25, 0.3) is 0 Å². The quantitative estimate of drug-likeness (QED) is 0.716. The molecule has 0 N–H and O–H groups in total. The van der Waals surface area contributed by atoms with E-state index in [0.29, 0.717) is 5.78 Å². The maximum Gasteiger partial charge on any atom is 0.155 e. The molecule has 0 unspecified atom stereocenters. The zero-order valence-electron chi connectivity index (χ0n) is 12.9. The summed E-state index contributed by atoms with van der Waals surface area (Å²) in [5, 5.41) is 0. The van der Waals surface area contributed by atoms with Crippen LogP contribution in [0.4, 0.5) is 0 Å². The van der Waals surface area contributed by atoms with Gasteiger partial charge in [0, 0.05) is 22.8 Å². The number of rotatable bonds is 2. The van der Waals surface area contributed by atoms with Crippen molar-refractivity contribution in [3.05, 3.63) is 0 Å². The van der Waals surface area contributed by atoms with Crippen molar-refractivity contribution in [2.45, 2.75) is 63.8 Å². The summed E-state index contributed by atoms with van der Waals surface area (Å²) in [6.45, 7) is 9.94. The van der Waals surface area contributed by atoms with Crippen molar-refractivity contribution in [1.29, 1.82) is 0 Å². The first-order chi connectivity index (χ1) is 9.13. The van der Waals surface area contributed by atoms with Crippen molar-refractivity contribution in [3.63, 3.8) is 0 Å². The number of hydrogen-bond donors (Lipinski definition) is 0. The molecule has 3 rings (SSSR count). The Hall–Kier alpha value is 0.210. The average molecular weight is 318 g/mol. The summed E-state index contributed by atoms with van der Waals surface area (Å²) in [7, 11) is 0. The van der Waals surface area contributed by atoms with E-state index in [9.17, 15) is 4.79 Å². The van der Waals surface area contributed by atoms with Gasteiger partial charge in [0.05, 0.1) is 6.04 Å². The molecule has 3 fully saturated rings. The molecule has 2 aliphatic carbocycles. The molecule has 0 aromatic rings. The monoisotopic (exact) mass is 317 g/mol. The lowest BCUT2D eigenvalue weighted by Gasteiger charge is -2.30. The fourth-order valence-electron chi connectivity index (χ4n) is 4.71. The first-order valence-corrected chi connectivity index (χ1v) is 8.55. The van der Waals surface area contributed by atoms with Gasteiger partial charge in [-0.3, -0.25) is 9.69 Å². The van der Waals surface area contributed by atoms with E-state index in [0.717, 1.165) is 32.4 Å². The highest BCUT2D eigenvalue weighted by Gasteiger charge is 2.89. The van der Waals surface area contributed by atoms with Gasteiger partial charge < -0.3 is 0 Å². The molecule has 0 radical (unpaired) electrons. The van der Waals surface area contributed by atoms with Crippen molar-refractivity contribution < 1.29 is 4.79 Å². The summed E-state index contributed by atoms with van der Waals surface area (Å²) in [6, 6.07) is -0.00292. The molecule has 114 valence electrons. The second-order valence-corrected chi connectivity index (χ2v) is 9.32. The van der Waals surface area contributed by atoms with E-state index in [1.807, 2.05) is 20.8 Å². The Balaban J connectivity index is 1.88. The Labute approximate surface area is 132 Å². The molecule has 1 saturated heterocycles. The van der Waals surface area contributed by atoms with Gasteiger partial charge in [-0.15, -0.1) is 23.2 Å². The van der Waals surface area contributed by atoms with Gasteiger partial charge in [-0.05, 0) is 25.8 Å². The third kappa shape index (κ3) is 1.54. The van der Waals surface area contributed by atoms with E-state index in [2.05, 4.69) is 11.8 Å². The minimum atomic E-state index is -0.613. The summed E-state index contributed by atoms with van der Waals surface area (Å²) in [4.78, 5) is 15.1. The number of likely N-dealkylation sites (N-methyl/N-ethyl adjacent to an activating group) is 1. The molecule has 1 aliphatic heterocycles. The van der Waals surface area contributed by atoms with Gasteiger partial charge in [-0.2, -0.15) is 0 Å². The Morgan fingerprint density at radius 3 is 2.20 bits per heavy atom. The number of carbonyl (C=O) groups is 1. The third-order valence-corrected chi connectivity index (χ3v) is 7.61. The second-order valence-electron chi connectivity index (χ2n) is 7.99. The smallest absolute Gasteiger partial charge is 0.155 e. The standard InChI is InChI=1S/C16H25Cl2NO/c1-5-19-10-15(9-11(19)12(20)13(2,3)4)14(7-6-8-14)16(15,17)18/h11H,5-10H2,1-4H3/t11-,15-/m0/s1. The Morgan fingerprint density at radius 2 is 1.85 bits per heavy atom. The van der Waals surface area contributed by atoms with E-state index in [1.54, 1.807) is 0 Å². The molecule has 4 heteroatoms. The summed E-state index contributed by atoms with van der Waals surface area (Å²) < 4.78 is -0.613.